The molecule has 15 heteroatoms. The number of rotatable bonds is 13. The van der Waals surface area contributed by atoms with Gasteiger partial charge in [0.2, 0.25) is 0 Å². The van der Waals surface area contributed by atoms with E-state index in [1.54, 1.807) is 31.2 Å². The van der Waals surface area contributed by atoms with Crippen molar-refractivity contribution in [2.45, 2.75) is 63.0 Å². The van der Waals surface area contributed by atoms with E-state index in [0.717, 1.165) is 11.8 Å². The highest BCUT2D eigenvalue weighted by Crippen LogP contribution is 2.36. The number of esters is 2. The monoisotopic (exact) mass is 605 g/mol. The molecule has 5 atom stereocenters. The minimum atomic E-state index is -1.41. The molecule has 2 aromatic heterocycles. The molecule has 3 aromatic rings. The lowest BCUT2D eigenvalue weighted by molar-refractivity contribution is -0.151. The minimum absolute atomic E-state index is 0.0565. The first-order chi connectivity index (χ1) is 20.1. The number of nitrogen functional groups attached to an aromatic ring is 1. The van der Waals surface area contributed by atoms with Gasteiger partial charge in [-0.2, -0.15) is 0 Å². The Morgan fingerprint density at radius 3 is 2.57 bits per heavy atom. The van der Waals surface area contributed by atoms with E-state index in [1.165, 1.54) is 10.9 Å². The third-order valence-corrected chi connectivity index (χ3v) is 7.36. The summed E-state index contributed by atoms with van der Waals surface area (Å²) >= 11 is 1.13. The van der Waals surface area contributed by atoms with E-state index < -0.39 is 42.6 Å². The summed E-state index contributed by atoms with van der Waals surface area (Å²) in [4.78, 5) is 36.5. The SMILES string of the molecule is CCOC(=O)c1ccc(OCC(O)CSc2nc3c(N)ncnc3n2[C@@H]2O[C@H](COC(=O)CC(C)C)[C@@H](O)[C@H]2O)cc1. The molecule has 1 aliphatic heterocycles. The van der Waals surface area contributed by atoms with E-state index in [1.807, 2.05) is 13.8 Å². The van der Waals surface area contributed by atoms with Gasteiger partial charge in [-0.05, 0) is 37.1 Å². The van der Waals surface area contributed by atoms with Crippen LogP contribution in [-0.2, 0) is 19.0 Å². The van der Waals surface area contributed by atoms with Gasteiger partial charge in [0.25, 0.3) is 0 Å². The van der Waals surface area contributed by atoms with Crippen molar-refractivity contribution >= 4 is 40.7 Å². The largest absolute Gasteiger partial charge is 0.491 e. The molecular formula is C27H35N5O9S. The molecule has 0 aliphatic carbocycles. The van der Waals surface area contributed by atoms with Gasteiger partial charge in [-0.15, -0.1) is 0 Å². The molecule has 228 valence electrons. The number of fused-ring (bicyclic) bond motifs is 1. The number of aromatic nitrogens is 4. The molecule has 14 nitrogen and oxygen atoms in total. The molecule has 0 radical (unpaired) electrons. The number of ether oxygens (including phenoxy) is 4. The molecule has 5 N–H and O–H groups in total. The van der Waals surface area contributed by atoms with Crippen LogP contribution in [0.5, 0.6) is 5.75 Å². The number of benzene rings is 1. The van der Waals surface area contributed by atoms with Gasteiger partial charge in [-0.1, -0.05) is 25.6 Å². The fraction of sp³-hybridized carbons (Fsp3) is 0.519. The highest BCUT2D eigenvalue weighted by atomic mass is 32.2. The second-order valence-corrected chi connectivity index (χ2v) is 11.0. The van der Waals surface area contributed by atoms with Crippen LogP contribution in [0.1, 0.15) is 43.8 Å². The summed E-state index contributed by atoms with van der Waals surface area (Å²) in [7, 11) is 0. The summed E-state index contributed by atoms with van der Waals surface area (Å²) in [5.74, 6) is -0.0863. The maximum atomic E-state index is 12.0. The zero-order chi connectivity index (χ0) is 30.4. The molecule has 42 heavy (non-hydrogen) atoms. The molecule has 1 fully saturated rings. The second kappa shape index (κ2) is 14.1. The number of aliphatic hydroxyl groups excluding tert-OH is 3. The van der Waals surface area contributed by atoms with Crippen molar-refractivity contribution in [1.82, 2.24) is 19.5 Å². The van der Waals surface area contributed by atoms with Crippen LogP contribution in [0.3, 0.4) is 0 Å². The van der Waals surface area contributed by atoms with E-state index >= 15 is 0 Å². The molecule has 1 aromatic carbocycles. The molecule has 1 unspecified atom stereocenters. The van der Waals surface area contributed by atoms with E-state index in [-0.39, 0.29) is 54.9 Å². The predicted molar refractivity (Wildman–Crippen MR) is 151 cm³/mol. The number of anilines is 1. The van der Waals surface area contributed by atoms with Crippen molar-refractivity contribution in [3.8, 4) is 5.75 Å². The Bertz CT molecular complexity index is 1370. The number of nitrogens with two attached hydrogens (primary N) is 1. The van der Waals surface area contributed by atoms with Gasteiger partial charge in [0.15, 0.2) is 28.4 Å². The van der Waals surface area contributed by atoms with Crippen molar-refractivity contribution in [1.29, 1.82) is 0 Å². The Kier molecular flexibility index (Phi) is 10.6. The maximum absolute atomic E-state index is 12.0. The normalized spacial score (nSPS) is 21.0. The Labute approximate surface area is 246 Å². The van der Waals surface area contributed by atoms with Gasteiger partial charge in [-0.25, -0.2) is 19.7 Å². The molecule has 1 saturated heterocycles. The fourth-order valence-corrected chi connectivity index (χ4v) is 5.12. The lowest BCUT2D eigenvalue weighted by atomic mass is 10.1. The molecule has 1 aliphatic rings. The van der Waals surface area contributed by atoms with Crippen molar-refractivity contribution in [3.63, 3.8) is 0 Å². The number of thioether (sulfide) groups is 1. The number of hydrogen-bond acceptors (Lipinski definition) is 14. The molecule has 4 rings (SSSR count). The zero-order valence-corrected chi connectivity index (χ0v) is 24.3. The predicted octanol–water partition coefficient (Wildman–Crippen LogP) is 1.33. The Morgan fingerprint density at radius 2 is 1.88 bits per heavy atom. The minimum Gasteiger partial charge on any atom is -0.491 e. The van der Waals surface area contributed by atoms with Gasteiger partial charge < -0.3 is 40.0 Å². The van der Waals surface area contributed by atoms with Crippen molar-refractivity contribution in [3.05, 3.63) is 36.2 Å². The Hall–Kier alpha value is -3.50. The summed E-state index contributed by atoms with van der Waals surface area (Å²) < 4.78 is 23.3. The van der Waals surface area contributed by atoms with Crippen LogP contribution >= 0.6 is 11.8 Å². The molecule has 0 spiro atoms. The van der Waals surface area contributed by atoms with Crippen molar-refractivity contribution in [2.75, 3.05) is 31.3 Å². The summed E-state index contributed by atoms with van der Waals surface area (Å²) in [5, 5.41) is 32.5. The summed E-state index contributed by atoms with van der Waals surface area (Å²) in [5.41, 5.74) is 6.91. The van der Waals surface area contributed by atoms with Crippen LogP contribution in [0.15, 0.2) is 35.7 Å². The average Bonchev–Trinajstić information content (AvgIpc) is 3.46. The number of carbonyl (C=O) groups is 2. The number of imidazole rings is 1. The van der Waals surface area contributed by atoms with Gasteiger partial charge in [0.1, 0.15) is 43.6 Å². The summed E-state index contributed by atoms with van der Waals surface area (Å²) in [6, 6.07) is 6.35. The van der Waals surface area contributed by atoms with Gasteiger partial charge in [-0.3, -0.25) is 9.36 Å². The van der Waals surface area contributed by atoms with E-state index in [9.17, 15) is 24.9 Å². The first-order valence-corrected chi connectivity index (χ1v) is 14.4. The molecule has 3 heterocycles. The Balaban J connectivity index is 1.43. The van der Waals surface area contributed by atoms with Crippen molar-refractivity contribution in [2.24, 2.45) is 5.92 Å². The van der Waals surface area contributed by atoms with E-state index in [2.05, 4.69) is 15.0 Å². The van der Waals surface area contributed by atoms with Crippen LogP contribution in [0.2, 0.25) is 0 Å². The lowest BCUT2D eigenvalue weighted by Crippen LogP contribution is -2.34. The lowest BCUT2D eigenvalue weighted by Gasteiger charge is -2.19. The average molecular weight is 606 g/mol. The highest BCUT2D eigenvalue weighted by molar-refractivity contribution is 7.99. The standard InChI is InChI=1S/C27H35N5O9S/c1-4-38-26(37)15-5-7-17(8-6-15)39-10-16(33)12-42-27-31-20-23(28)29-13-30-24(20)32(27)25-22(36)21(35)18(41-25)11-40-19(34)9-14(2)3/h5-8,13-14,16,18,21-22,25,33,35-36H,4,9-12H2,1-3H3,(H2,28,29,30)/t16?,18-,21-,22-,25-/m1/s1. The smallest absolute Gasteiger partial charge is 0.338 e. The third kappa shape index (κ3) is 7.46. The summed E-state index contributed by atoms with van der Waals surface area (Å²) in [6.45, 7) is 5.46. The molecule has 0 saturated carbocycles. The number of aliphatic hydroxyl groups is 3. The highest BCUT2D eigenvalue weighted by Gasteiger charge is 2.46. The Morgan fingerprint density at radius 1 is 1.14 bits per heavy atom. The van der Waals surface area contributed by atoms with Gasteiger partial charge in [0, 0.05) is 12.2 Å². The first kappa shape index (κ1) is 31.4. The maximum Gasteiger partial charge on any atom is 0.338 e. The van der Waals surface area contributed by atoms with Crippen molar-refractivity contribution < 1.29 is 43.9 Å². The number of nitrogens with zero attached hydrogens (tertiary/aromatic N) is 4. The number of hydrogen-bond donors (Lipinski definition) is 4. The van der Waals surface area contributed by atoms with Gasteiger partial charge in [0.05, 0.1) is 18.3 Å². The third-order valence-electron chi connectivity index (χ3n) is 6.26. The van der Waals surface area contributed by atoms with Gasteiger partial charge >= 0.3 is 11.9 Å². The van der Waals surface area contributed by atoms with Crippen LogP contribution in [0.4, 0.5) is 5.82 Å². The first-order valence-electron chi connectivity index (χ1n) is 13.5. The second-order valence-electron chi connectivity index (χ2n) is 10.0. The summed E-state index contributed by atoms with van der Waals surface area (Å²) in [6.07, 6.45) is -4.38. The number of carbonyl (C=O) groups excluding carboxylic acids is 2. The topological polar surface area (TPSA) is 201 Å². The molecule has 0 amide bonds. The van der Waals surface area contributed by atoms with E-state index in [4.69, 9.17) is 24.7 Å². The fourth-order valence-electron chi connectivity index (χ4n) is 4.20. The van der Waals surface area contributed by atoms with E-state index in [0.29, 0.717) is 16.5 Å². The van der Waals surface area contributed by atoms with Crippen LogP contribution in [-0.4, -0.2) is 96.8 Å². The quantitative estimate of drug-likeness (QED) is 0.160. The molecular weight excluding hydrogens is 570 g/mol. The van der Waals surface area contributed by atoms with Crippen LogP contribution in [0.25, 0.3) is 11.2 Å². The molecule has 0 bridgehead atoms. The van der Waals surface area contributed by atoms with Crippen LogP contribution in [0, 0.1) is 5.92 Å². The van der Waals surface area contributed by atoms with Crippen LogP contribution < -0.4 is 10.5 Å². The zero-order valence-electron chi connectivity index (χ0n) is 23.5.